The van der Waals surface area contributed by atoms with Crippen LogP contribution in [0.1, 0.15) is 41.3 Å². The van der Waals surface area contributed by atoms with E-state index in [0.29, 0.717) is 11.6 Å². The van der Waals surface area contributed by atoms with Gasteiger partial charge in [0.05, 0.1) is 0 Å². The standard InChI is InChI=1S/C20H25N3O2/c1-14-7-4-5-9-18(14)17-8-6-10-22(12-17)19(24)13-23-16(3)11-15(2)21-20(23)25/h4-5,7,9,11,17H,6,8,10,12-13H2,1-3H3/t17-/m0/s1. The Balaban J connectivity index is 1.75. The Bertz CT molecular complexity index is 841. The first-order valence-electron chi connectivity index (χ1n) is 8.84. The largest absolute Gasteiger partial charge is 0.348 e. The maximum Gasteiger partial charge on any atom is 0.348 e. The van der Waals surface area contributed by atoms with Gasteiger partial charge in [-0.15, -0.1) is 0 Å². The lowest BCUT2D eigenvalue weighted by molar-refractivity contribution is -0.133. The van der Waals surface area contributed by atoms with Crippen LogP contribution in [0.5, 0.6) is 0 Å². The number of aryl methyl sites for hydroxylation is 3. The number of hydrogen-bond acceptors (Lipinski definition) is 3. The monoisotopic (exact) mass is 339 g/mol. The summed E-state index contributed by atoms with van der Waals surface area (Å²) in [5.74, 6) is 0.363. The quantitative estimate of drug-likeness (QED) is 0.864. The molecule has 0 bridgehead atoms. The van der Waals surface area contributed by atoms with Crippen molar-refractivity contribution in [3.8, 4) is 0 Å². The van der Waals surface area contributed by atoms with Crippen LogP contribution >= 0.6 is 0 Å². The van der Waals surface area contributed by atoms with Gasteiger partial charge < -0.3 is 4.90 Å². The van der Waals surface area contributed by atoms with E-state index < -0.39 is 0 Å². The number of piperidine rings is 1. The molecule has 2 aromatic rings. The summed E-state index contributed by atoms with van der Waals surface area (Å²) in [5.41, 5.74) is 3.71. The van der Waals surface area contributed by atoms with Gasteiger partial charge in [-0.3, -0.25) is 9.36 Å². The average Bonchev–Trinajstić information content (AvgIpc) is 2.58. The van der Waals surface area contributed by atoms with E-state index in [1.807, 2.05) is 24.0 Å². The molecule has 0 saturated carbocycles. The predicted molar refractivity (Wildman–Crippen MR) is 97.7 cm³/mol. The Hall–Kier alpha value is -2.43. The minimum absolute atomic E-state index is 0.00543. The fraction of sp³-hybridized carbons (Fsp3) is 0.450. The molecule has 132 valence electrons. The topological polar surface area (TPSA) is 55.2 Å². The summed E-state index contributed by atoms with van der Waals surface area (Å²) in [6, 6.07) is 10.2. The van der Waals surface area contributed by atoms with Crippen LogP contribution in [0.2, 0.25) is 0 Å². The second-order valence-electron chi connectivity index (χ2n) is 6.94. The SMILES string of the molecule is Cc1cc(C)n(CC(=O)N2CCC[C@H](c3ccccc3C)C2)c(=O)n1. The van der Waals surface area contributed by atoms with Gasteiger partial charge in [0, 0.05) is 30.4 Å². The Kier molecular flexibility index (Phi) is 5.02. The Morgan fingerprint density at radius 3 is 2.72 bits per heavy atom. The lowest BCUT2D eigenvalue weighted by Crippen LogP contribution is -2.42. The maximum absolute atomic E-state index is 12.8. The molecule has 1 saturated heterocycles. The molecular weight excluding hydrogens is 314 g/mol. The number of amides is 1. The molecule has 1 aromatic heterocycles. The zero-order chi connectivity index (χ0) is 18.0. The summed E-state index contributed by atoms with van der Waals surface area (Å²) in [7, 11) is 0. The van der Waals surface area contributed by atoms with Gasteiger partial charge in [-0.2, -0.15) is 4.98 Å². The molecule has 3 rings (SSSR count). The Morgan fingerprint density at radius 1 is 1.24 bits per heavy atom. The molecule has 1 aliphatic heterocycles. The fourth-order valence-electron chi connectivity index (χ4n) is 3.70. The summed E-state index contributed by atoms with van der Waals surface area (Å²) in [6.07, 6.45) is 2.09. The van der Waals surface area contributed by atoms with Crippen molar-refractivity contribution in [3.63, 3.8) is 0 Å². The number of rotatable bonds is 3. The van der Waals surface area contributed by atoms with E-state index in [9.17, 15) is 9.59 Å². The second-order valence-corrected chi connectivity index (χ2v) is 6.94. The number of benzene rings is 1. The summed E-state index contributed by atoms with van der Waals surface area (Å²) >= 11 is 0. The van der Waals surface area contributed by atoms with Crippen molar-refractivity contribution in [1.82, 2.24) is 14.5 Å². The number of likely N-dealkylation sites (tertiary alicyclic amines) is 1. The zero-order valence-corrected chi connectivity index (χ0v) is 15.2. The summed E-state index contributed by atoms with van der Waals surface area (Å²) in [6.45, 7) is 7.30. The van der Waals surface area contributed by atoms with E-state index in [1.165, 1.54) is 15.7 Å². The molecule has 1 fully saturated rings. The van der Waals surface area contributed by atoms with Crippen LogP contribution in [-0.2, 0) is 11.3 Å². The number of carbonyl (C=O) groups excluding carboxylic acids is 1. The number of aromatic nitrogens is 2. The lowest BCUT2D eigenvalue weighted by atomic mass is 9.88. The van der Waals surface area contributed by atoms with Gasteiger partial charge in [-0.1, -0.05) is 24.3 Å². The van der Waals surface area contributed by atoms with Gasteiger partial charge in [-0.05, 0) is 50.8 Å². The van der Waals surface area contributed by atoms with Crippen LogP contribution in [0.25, 0.3) is 0 Å². The first-order valence-corrected chi connectivity index (χ1v) is 8.84. The molecule has 25 heavy (non-hydrogen) atoms. The van der Waals surface area contributed by atoms with E-state index in [1.54, 1.807) is 6.92 Å². The lowest BCUT2D eigenvalue weighted by Gasteiger charge is -2.34. The third kappa shape index (κ3) is 3.81. The summed E-state index contributed by atoms with van der Waals surface area (Å²) in [5, 5.41) is 0. The van der Waals surface area contributed by atoms with Crippen molar-refractivity contribution in [1.29, 1.82) is 0 Å². The van der Waals surface area contributed by atoms with Crippen molar-refractivity contribution in [2.75, 3.05) is 13.1 Å². The van der Waals surface area contributed by atoms with E-state index >= 15 is 0 Å². The highest BCUT2D eigenvalue weighted by Gasteiger charge is 2.26. The van der Waals surface area contributed by atoms with Crippen molar-refractivity contribution in [3.05, 3.63) is 63.3 Å². The fourth-order valence-corrected chi connectivity index (χ4v) is 3.70. The molecule has 0 spiro atoms. The van der Waals surface area contributed by atoms with Crippen LogP contribution in [0, 0.1) is 20.8 Å². The molecule has 2 heterocycles. The third-order valence-corrected chi connectivity index (χ3v) is 5.04. The molecule has 0 radical (unpaired) electrons. The van der Waals surface area contributed by atoms with Gasteiger partial charge in [-0.25, -0.2) is 4.79 Å². The van der Waals surface area contributed by atoms with Crippen LogP contribution in [0.4, 0.5) is 0 Å². The smallest absolute Gasteiger partial charge is 0.341 e. The van der Waals surface area contributed by atoms with E-state index in [2.05, 4.69) is 30.1 Å². The van der Waals surface area contributed by atoms with Crippen LogP contribution < -0.4 is 5.69 Å². The van der Waals surface area contributed by atoms with Crippen LogP contribution in [0.3, 0.4) is 0 Å². The minimum Gasteiger partial charge on any atom is -0.341 e. The summed E-state index contributed by atoms with van der Waals surface area (Å²) < 4.78 is 1.46. The summed E-state index contributed by atoms with van der Waals surface area (Å²) in [4.78, 5) is 30.7. The van der Waals surface area contributed by atoms with Crippen LogP contribution in [0.15, 0.2) is 35.1 Å². The van der Waals surface area contributed by atoms with Gasteiger partial charge in [0.25, 0.3) is 0 Å². The first kappa shape index (κ1) is 17.4. The number of nitrogens with zero attached hydrogens (tertiary/aromatic N) is 3. The average molecular weight is 339 g/mol. The minimum atomic E-state index is -0.349. The second kappa shape index (κ2) is 7.21. The molecule has 5 nitrogen and oxygen atoms in total. The van der Waals surface area contributed by atoms with Crippen molar-refractivity contribution < 1.29 is 4.79 Å². The van der Waals surface area contributed by atoms with E-state index in [-0.39, 0.29) is 18.1 Å². The van der Waals surface area contributed by atoms with Gasteiger partial charge >= 0.3 is 5.69 Å². The number of hydrogen-bond donors (Lipinski definition) is 0. The molecule has 1 amide bonds. The molecule has 0 aliphatic carbocycles. The van der Waals surface area contributed by atoms with Gasteiger partial charge in [0.15, 0.2) is 0 Å². The molecular formula is C20H25N3O2. The number of carbonyl (C=O) groups is 1. The first-order chi connectivity index (χ1) is 12.0. The Labute approximate surface area is 148 Å². The van der Waals surface area contributed by atoms with Gasteiger partial charge in [0.1, 0.15) is 6.54 Å². The van der Waals surface area contributed by atoms with Crippen molar-refractivity contribution in [2.24, 2.45) is 0 Å². The highest BCUT2D eigenvalue weighted by atomic mass is 16.2. The zero-order valence-electron chi connectivity index (χ0n) is 15.2. The molecule has 0 N–H and O–H groups in total. The van der Waals surface area contributed by atoms with Crippen molar-refractivity contribution >= 4 is 5.91 Å². The third-order valence-electron chi connectivity index (χ3n) is 5.04. The maximum atomic E-state index is 12.8. The Morgan fingerprint density at radius 2 is 2.00 bits per heavy atom. The molecule has 5 heteroatoms. The highest BCUT2D eigenvalue weighted by molar-refractivity contribution is 5.76. The molecule has 1 aromatic carbocycles. The van der Waals surface area contributed by atoms with Crippen molar-refractivity contribution in [2.45, 2.75) is 46.1 Å². The highest BCUT2D eigenvalue weighted by Crippen LogP contribution is 2.29. The molecule has 0 unspecified atom stereocenters. The normalized spacial score (nSPS) is 17.6. The molecule has 1 atom stereocenters. The van der Waals surface area contributed by atoms with Gasteiger partial charge in [0.2, 0.25) is 5.91 Å². The van der Waals surface area contributed by atoms with Crippen LogP contribution in [-0.4, -0.2) is 33.4 Å². The van der Waals surface area contributed by atoms with E-state index in [4.69, 9.17) is 0 Å². The molecule has 1 aliphatic rings. The predicted octanol–water partition coefficient (Wildman–Crippen LogP) is 2.57. The van der Waals surface area contributed by atoms with E-state index in [0.717, 1.165) is 31.6 Å².